The van der Waals surface area contributed by atoms with Crippen LogP contribution in [0.3, 0.4) is 0 Å². The molecule has 7 heteroatoms. The number of hydrogen-bond donors (Lipinski definition) is 1. The Morgan fingerprint density at radius 3 is 2.50 bits per heavy atom. The first-order valence-corrected chi connectivity index (χ1v) is 10.3. The van der Waals surface area contributed by atoms with Crippen molar-refractivity contribution in [1.29, 1.82) is 0 Å². The standard InChI is InChI=1S/C21H22ClN3O2S/c1-4-5-10-25(20(27)16-8-6-7-9-17(16)22)21-24-23-19(28-21)15-11-13(2)18(26)14(3)12-15/h6-9,11-12,26H,4-5,10H2,1-3H3. The lowest BCUT2D eigenvalue weighted by Crippen LogP contribution is -2.32. The molecular weight excluding hydrogens is 394 g/mol. The molecular formula is C21H22ClN3O2S. The molecule has 0 spiro atoms. The van der Waals surface area contributed by atoms with Gasteiger partial charge in [0.1, 0.15) is 10.8 Å². The highest BCUT2D eigenvalue weighted by atomic mass is 35.5. The number of amides is 1. The van der Waals surface area contributed by atoms with Crippen molar-refractivity contribution in [1.82, 2.24) is 10.2 Å². The molecule has 1 N–H and O–H groups in total. The van der Waals surface area contributed by atoms with E-state index in [1.54, 1.807) is 29.2 Å². The summed E-state index contributed by atoms with van der Waals surface area (Å²) in [6.45, 7) is 6.32. The first-order chi connectivity index (χ1) is 13.4. The summed E-state index contributed by atoms with van der Waals surface area (Å²) < 4.78 is 0. The fourth-order valence-corrected chi connectivity index (χ4v) is 3.97. The van der Waals surface area contributed by atoms with E-state index in [1.165, 1.54) is 11.3 Å². The van der Waals surface area contributed by atoms with Crippen molar-refractivity contribution in [3.63, 3.8) is 0 Å². The second-order valence-corrected chi connectivity index (χ2v) is 8.00. The zero-order chi connectivity index (χ0) is 20.3. The van der Waals surface area contributed by atoms with Crippen molar-refractivity contribution in [3.05, 3.63) is 58.1 Å². The Balaban J connectivity index is 1.96. The van der Waals surface area contributed by atoms with Crippen LogP contribution in [0.25, 0.3) is 10.6 Å². The van der Waals surface area contributed by atoms with Gasteiger partial charge in [0.15, 0.2) is 0 Å². The number of nitrogens with zero attached hydrogens (tertiary/aromatic N) is 3. The Kier molecular flexibility index (Phi) is 6.31. The molecule has 0 aliphatic rings. The summed E-state index contributed by atoms with van der Waals surface area (Å²) in [4.78, 5) is 14.8. The maximum absolute atomic E-state index is 13.1. The molecule has 2 aromatic carbocycles. The maximum atomic E-state index is 13.1. The Morgan fingerprint density at radius 2 is 1.86 bits per heavy atom. The summed E-state index contributed by atoms with van der Waals surface area (Å²) in [6.07, 6.45) is 1.80. The number of rotatable bonds is 6. The number of halogens is 1. The third-order valence-corrected chi connectivity index (χ3v) is 5.79. The van der Waals surface area contributed by atoms with Gasteiger partial charge in [0.05, 0.1) is 10.6 Å². The Bertz CT molecular complexity index is 980. The molecule has 3 aromatic rings. The summed E-state index contributed by atoms with van der Waals surface area (Å²) in [5, 5.41) is 20.2. The second kappa shape index (κ2) is 8.71. The Morgan fingerprint density at radius 1 is 1.18 bits per heavy atom. The fraction of sp³-hybridized carbons (Fsp3) is 0.286. The van der Waals surface area contributed by atoms with Gasteiger partial charge in [-0.3, -0.25) is 9.69 Å². The molecule has 28 heavy (non-hydrogen) atoms. The van der Waals surface area contributed by atoms with Crippen molar-refractivity contribution in [2.24, 2.45) is 0 Å². The molecule has 0 radical (unpaired) electrons. The van der Waals surface area contributed by atoms with Gasteiger partial charge in [-0.1, -0.05) is 48.4 Å². The highest BCUT2D eigenvalue weighted by molar-refractivity contribution is 7.18. The molecule has 0 aliphatic heterocycles. The number of phenolic OH excluding ortho intramolecular Hbond substituents is 1. The molecule has 0 atom stereocenters. The maximum Gasteiger partial charge on any atom is 0.261 e. The number of hydrogen-bond acceptors (Lipinski definition) is 5. The minimum atomic E-state index is -0.181. The molecule has 0 aliphatic carbocycles. The smallest absolute Gasteiger partial charge is 0.261 e. The predicted molar refractivity (Wildman–Crippen MR) is 115 cm³/mol. The topological polar surface area (TPSA) is 66.3 Å². The van der Waals surface area contributed by atoms with Crippen LogP contribution < -0.4 is 4.90 Å². The average Bonchev–Trinajstić information content (AvgIpc) is 3.16. The highest BCUT2D eigenvalue weighted by Crippen LogP contribution is 2.34. The molecule has 0 unspecified atom stereocenters. The van der Waals surface area contributed by atoms with Crippen molar-refractivity contribution < 1.29 is 9.90 Å². The summed E-state index contributed by atoms with van der Waals surface area (Å²) in [6, 6.07) is 10.8. The first-order valence-electron chi connectivity index (χ1n) is 9.12. The third-order valence-electron chi connectivity index (χ3n) is 4.47. The Labute approximate surface area is 173 Å². The molecule has 1 aromatic heterocycles. The molecule has 0 saturated heterocycles. The predicted octanol–water partition coefficient (Wildman–Crippen LogP) is 5.63. The molecule has 1 heterocycles. The molecule has 0 saturated carbocycles. The number of phenols is 1. The monoisotopic (exact) mass is 415 g/mol. The number of carbonyl (C=O) groups excluding carboxylic acids is 1. The number of unbranched alkanes of at least 4 members (excludes halogenated alkanes) is 1. The van der Waals surface area contributed by atoms with Crippen LogP contribution in [0.1, 0.15) is 41.3 Å². The lowest BCUT2D eigenvalue weighted by atomic mass is 10.1. The molecule has 0 fully saturated rings. The largest absolute Gasteiger partial charge is 0.507 e. The molecule has 0 bridgehead atoms. The van der Waals surface area contributed by atoms with Crippen molar-refractivity contribution in [3.8, 4) is 16.3 Å². The average molecular weight is 416 g/mol. The number of aromatic hydroxyl groups is 1. The minimum Gasteiger partial charge on any atom is -0.507 e. The third kappa shape index (κ3) is 4.18. The summed E-state index contributed by atoms with van der Waals surface area (Å²) >= 11 is 7.59. The van der Waals surface area contributed by atoms with Crippen molar-refractivity contribution in [2.75, 3.05) is 11.4 Å². The molecule has 146 valence electrons. The van der Waals surface area contributed by atoms with Gasteiger partial charge in [-0.2, -0.15) is 0 Å². The van der Waals surface area contributed by atoms with E-state index in [4.69, 9.17) is 11.6 Å². The van der Waals surface area contributed by atoms with Gasteiger partial charge in [0.25, 0.3) is 5.91 Å². The van der Waals surface area contributed by atoms with Crippen molar-refractivity contribution >= 4 is 34.0 Å². The van der Waals surface area contributed by atoms with E-state index in [2.05, 4.69) is 17.1 Å². The zero-order valence-electron chi connectivity index (χ0n) is 16.1. The van der Waals surface area contributed by atoms with E-state index in [1.807, 2.05) is 26.0 Å². The number of anilines is 1. The first kappa shape index (κ1) is 20.3. The minimum absolute atomic E-state index is 0.181. The van der Waals surface area contributed by atoms with E-state index in [9.17, 15) is 9.90 Å². The van der Waals surface area contributed by atoms with Crippen LogP contribution in [0.2, 0.25) is 5.02 Å². The van der Waals surface area contributed by atoms with Crippen LogP contribution in [0.5, 0.6) is 5.75 Å². The van der Waals surface area contributed by atoms with E-state index in [0.717, 1.165) is 29.5 Å². The quantitative estimate of drug-likeness (QED) is 0.566. The van der Waals surface area contributed by atoms with Crippen LogP contribution in [-0.2, 0) is 0 Å². The zero-order valence-corrected chi connectivity index (χ0v) is 17.6. The van der Waals surface area contributed by atoms with Crippen LogP contribution in [0.15, 0.2) is 36.4 Å². The SMILES string of the molecule is CCCCN(C(=O)c1ccccc1Cl)c1nnc(-c2cc(C)c(O)c(C)c2)s1. The van der Waals surface area contributed by atoms with Crippen molar-refractivity contribution in [2.45, 2.75) is 33.6 Å². The van der Waals surface area contributed by atoms with Gasteiger partial charge in [-0.25, -0.2) is 0 Å². The van der Waals surface area contributed by atoms with Crippen LogP contribution in [0.4, 0.5) is 5.13 Å². The van der Waals surface area contributed by atoms with Crippen LogP contribution in [-0.4, -0.2) is 27.8 Å². The lowest BCUT2D eigenvalue weighted by Gasteiger charge is -2.19. The lowest BCUT2D eigenvalue weighted by molar-refractivity contribution is 0.0986. The number of carbonyl (C=O) groups is 1. The highest BCUT2D eigenvalue weighted by Gasteiger charge is 2.23. The molecule has 3 rings (SSSR count). The van der Waals surface area contributed by atoms with Gasteiger partial charge < -0.3 is 5.11 Å². The van der Waals surface area contributed by atoms with Gasteiger partial charge >= 0.3 is 0 Å². The second-order valence-electron chi connectivity index (χ2n) is 6.64. The van der Waals surface area contributed by atoms with Gasteiger partial charge in [0.2, 0.25) is 5.13 Å². The van der Waals surface area contributed by atoms with Crippen LogP contribution >= 0.6 is 22.9 Å². The number of benzene rings is 2. The van der Waals surface area contributed by atoms with E-state index in [-0.39, 0.29) is 11.7 Å². The number of aromatic nitrogens is 2. The fourth-order valence-electron chi connectivity index (χ4n) is 2.90. The molecule has 1 amide bonds. The van der Waals surface area contributed by atoms with E-state index in [0.29, 0.717) is 27.3 Å². The molecule has 5 nitrogen and oxygen atoms in total. The van der Waals surface area contributed by atoms with Gasteiger partial charge in [-0.15, -0.1) is 10.2 Å². The van der Waals surface area contributed by atoms with E-state index >= 15 is 0 Å². The Hall–Kier alpha value is -2.44. The van der Waals surface area contributed by atoms with Gasteiger partial charge in [-0.05, 0) is 55.7 Å². The normalized spacial score (nSPS) is 10.9. The summed E-state index contributed by atoms with van der Waals surface area (Å²) in [5.74, 6) is 0.103. The summed E-state index contributed by atoms with van der Waals surface area (Å²) in [7, 11) is 0. The number of aryl methyl sites for hydroxylation is 2. The van der Waals surface area contributed by atoms with Crippen LogP contribution in [0, 0.1) is 13.8 Å². The summed E-state index contributed by atoms with van der Waals surface area (Å²) in [5.41, 5.74) is 2.88. The van der Waals surface area contributed by atoms with E-state index < -0.39 is 0 Å². The van der Waals surface area contributed by atoms with Gasteiger partial charge in [0, 0.05) is 12.1 Å².